The van der Waals surface area contributed by atoms with Crippen LogP contribution in [-0.4, -0.2) is 29.3 Å². The Morgan fingerprint density at radius 2 is 2.09 bits per heavy atom. The highest BCUT2D eigenvalue weighted by atomic mass is 28.3. The lowest BCUT2D eigenvalue weighted by Crippen LogP contribution is -2.21. The molecular weight excluding hydrogens is 300 g/mol. The third kappa shape index (κ3) is 3.73. The van der Waals surface area contributed by atoms with Crippen molar-refractivity contribution >= 4 is 24.7 Å². The Kier molecular flexibility index (Phi) is 5.00. The fourth-order valence-corrected chi connectivity index (χ4v) is 3.10. The molecule has 1 N–H and O–H groups in total. The molecule has 120 valence electrons. The number of hydrogen-bond acceptors (Lipinski definition) is 4. The zero-order valence-corrected chi connectivity index (χ0v) is 14.2. The van der Waals surface area contributed by atoms with Crippen LogP contribution in [0.3, 0.4) is 0 Å². The monoisotopic (exact) mass is 322 g/mol. The second-order valence-electron chi connectivity index (χ2n) is 6.56. The molecule has 6 nitrogen and oxygen atoms in total. The van der Waals surface area contributed by atoms with Gasteiger partial charge in [0, 0.05) is 32.5 Å². The summed E-state index contributed by atoms with van der Waals surface area (Å²) in [5.74, 6) is 0. The second kappa shape index (κ2) is 6.60. The van der Waals surface area contributed by atoms with Gasteiger partial charge in [0.1, 0.15) is 6.73 Å². The maximum absolute atomic E-state index is 11.2. The van der Waals surface area contributed by atoms with Gasteiger partial charge in [-0.25, -0.2) is 0 Å². The molecule has 0 unspecified atom stereocenters. The van der Waals surface area contributed by atoms with Crippen molar-refractivity contribution in [2.45, 2.75) is 39.0 Å². The Labute approximate surface area is 130 Å². The Morgan fingerprint density at radius 1 is 1.36 bits per heavy atom. The van der Waals surface area contributed by atoms with Gasteiger partial charge in [-0.3, -0.25) is 10.1 Å². The smallest absolute Gasteiger partial charge is 0.279 e. The minimum atomic E-state index is -1.14. The zero-order valence-electron chi connectivity index (χ0n) is 13.2. The second-order valence-corrected chi connectivity index (χ2v) is 12.2. The number of rotatable bonds is 7. The molecule has 0 fully saturated rings. The predicted octanol–water partition coefficient (Wildman–Crippen LogP) is 3.35. The van der Waals surface area contributed by atoms with E-state index in [2.05, 4.69) is 19.6 Å². The first kappa shape index (κ1) is 16.7. The van der Waals surface area contributed by atoms with Gasteiger partial charge in [-0.2, -0.15) is 0 Å². The van der Waals surface area contributed by atoms with Crippen molar-refractivity contribution in [3.8, 4) is 0 Å². The largest absolute Gasteiger partial charge is 0.392 e. The molecule has 1 aromatic carbocycles. The van der Waals surface area contributed by atoms with Crippen molar-refractivity contribution in [2.75, 3.05) is 6.61 Å². The molecule has 22 heavy (non-hydrogen) atoms. The highest BCUT2D eigenvalue weighted by molar-refractivity contribution is 6.76. The average Bonchev–Trinajstić information content (AvgIpc) is 2.80. The highest BCUT2D eigenvalue weighted by Crippen LogP contribution is 2.30. The Balaban J connectivity index is 2.24. The van der Waals surface area contributed by atoms with E-state index in [1.54, 1.807) is 12.3 Å². The normalized spacial score (nSPS) is 12.0. The fraction of sp³-hybridized carbons (Fsp3) is 0.467. The summed E-state index contributed by atoms with van der Waals surface area (Å²) in [6.45, 7) is 7.64. The molecule has 1 aromatic heterocycles. The molecule has 2 aromatic rings. The van der Waals surface area contributed by atoms with Crippen LogP contribution < -0.4 is 0 Å². The fourth-order valence-electron chi connectivity index (χ4n) is 2.34. The topological polar surface area (TPSA) is 77.5 Å². The van der Waals surface area contributed by atoms with Crippen molar-refractivity contribution in [1.82, 2.24) is 4.57 Å². The summed E-state index contributed by atoms with van der Waals surface area (Å²) in [5, 5.41) is 21.1. The molecule has 7 heteroatoms. The molecule has 0 radical (unpaired) electrons. The maximum atomic E-state index is 11.2. The molecule has 0 aliphatic heterocycles. The van der Waals surface area contributed by atoms with E-state index in [4.69, 9.17) is 4.74 Å². The van der Waals surface area contributed by atoms with E-state index >= 15 is 0 Å². The lowest BCUT2D eigenvalue weighted by molar-refractivity contribution is -0.383. The molecule has 0 saturated carbocycles. The van der Waals surface area contributed by atoms with Gasteiger partial charge in [-0.05, 0) is 12.1 Å². The molecule has 0 atom stereocenters. The first-order chi connectivity index (χ1) is 10.3. The third-order valence-corrected chi connectivity index (χ3v) is 5.26. The van der Waals surface area contributed by atoms with E-state index in [0.717, 1.165) is 6.04 Å². The SMILES string of the molecule is C[Si](C)(C)CCOCn1cc(CO)c2c([N+](=O)[O-])cccc21. The number of aliphatic hydroxyl groups excluding tert-OH is 1. The van der Waals surface area contributed by atoms with Gasteiger partial charge in [0.05, 0.1) is 22.4 Å². The van der Waals surface area contributed by atoms with Crippen LogP contribution in [0.15, 0.2) is 24.4 Å². The van der Waals surface area contributed by atoms with Crippen LogP contribution in [0.1, 0.15) is 5.56 Å². The number of aromatic nitrogens is 1. The van der Waals surface area contributed by atoms with Gasteiger partial charge in [0.25, 0.3) is 5.69 Å². The van der Waals surface area contributed by atoms with Gasteiger partial charge in [0.15, 0.2) is 0 Å². The number of nitrogens with zero attached hydrogens (tertiary/aromatic N) is 2. The van der Waals surface area contributed by atoms with Crippen LogP contribution in [0.4, 0.5) is 5.69 Å². The number of benzene rings is 1. The van der Waals surface area contributed by atoms with Gasteiger partial charge >= 0.3 is 0 Å². The average molecular weight is 322 g/mol. The summed E-state index contributed by atoms with van der Waals surface area (Å²) in [6, 6.07) is 5.99. The number of nitro groups is 1. The van der Waals surface area contributed by atoms with E-state index in [-0.39, 0.29) is 12.3 Å². The first-order valence-electron chi connectivity index (χ1n) is 7.27. The minimum Gasteiger partial charge on any atom is -0.392 e. The highest BCUT2D eigenvalue weighted by Gasteiger charge is 2.19. The standard InChI is InChI=1S/C15H22N2O4Si/c1-22(2,3)8-7-21-11-16-9-12(10-18)15-13(16)5-4-6-14(15)17(19)20/h4-6,9,18H,7-8,10-11H2,1-3H3. The number of hydrogen-bond donors (Lipinski definition) is 1. The molecule has 2 rings (SSSR count). The summed E-state index contributed by atoms with van der Waals surface area (Å²) < 4.78 is 7.53. The molecule has 0 aliphatic carbocycles. The molecule has 0 saturated heterocycles. The van der Waals surface area contributed by atoms with Gasteiger partial charge in [0.2, 0.25) is 0 Å². The number of ether oxygens (including phenoxy) is 1. The van der Waals surface area contributed by atoms with Crippen LogP contribution in [-0.2, 0) is 18.1 Å². The summed E-state index contributed by atoms with van der Waals surface area (Å²) >= 11 is 0. The van der Waals surface area contributed by atoms with Crippen molar-refractivity contribution in [3.63, 3.8) is 0 Å². The quantitative estimate of drug-likeness (QED) is 0.367. The maximum Gasteiger partial charge on any atom is 0.279 e. The summed E-state index contributed by atoms with van der Waals surface area (Å²) in [6.07, 6.45) is 1.73. The lowest BCUT2D eigenvalue weighted by atomic mass is 10.1. The van der Waals surface area contributed by atoms with Crippen LogP contribution in [0.5, 0.6) is 0 Å². The van der Waals surface area contributed by atoms with Crippen LogP contribution in [0.2, 0.25) is 25.7 Å². The van der Waals surface area contributed by atoms with E-state index < -0.39 is 13.0 Å². The van der Waals surface area contributed by atoms with Crippen LogP contribution in [0.25, 0.3) is 10.9 Å². The van der Waals surface area contributed by atoms with E-state index in [1.165, 1.54) is 6.07 Å². The van der Waals surface area contributed by atoms with Gasteiger partial charge < -0.3 is 14.4 Å². The Morgan fingerprint density at radius 3 is 2.68 bits per heavy atom. The van der Waals surface area contributed by atoms with Gasteiger partial charge in [-0.1, -0.05) is 25.7 Å². The number of nitro benzene ring substituents is 1. The molecule has 0 aliphatic rings. The summed E-state index contributed by atoms with van der Waals surface area (Å²) in [5.41, 5.74) is 1.28. The lowest BCUT2D eigenvalue weighted by Gasteiger charge is -2.15. The predicted molar refractivity (Wildman–Crippen MR) is 88.6 cm³/mol. The third-order valence-electron chi connectivity index (χ3n) is 3.56. The molecule has 1 heterocycles. The number of fused-ring (bicyclic) bond motifs is 1. The zero-order chi connectivity index (χ0) is 16.3. The molecular formula is C15H22N2O4Si. The van der Waals surface area contributed by atoms with Crippen LogP contribution in [0, 0.1) is 10.1 Å². The number of aliphatic hydroxyl groups is 1. The Bertz CT molecular complexity index is 676. The molecule has 0 bridgehead atoms. The van der Waals surface area contributed by atoms with Crippen LogP contribution >= 0.6 is 0 Å². The van der Waals surface area contributed by atoms with E-state index in [0.29, 0.717) is 29.8 Å². The minimum absolute atomic E-state index is 0.0161. The Hall–Kier alpha value is -1.70. The van der Waals surface area contributed by atoms with Crippen molar-refractivity contribution < 1.29 is 14.8 Å². The van der Waals surface area contributed by atoms with Crippen molar-refractivity contribution in [1.29, 1.82) is 0 Å². The van der Waals surface area contributed by atoms with Crippen molar-refractivity contribution in [2.24, 2.45) is 0 Å². The van der Waals surface area contributed by atoms with Gasteiger partial charge in [-0.15, -0.1) is 0 Å². The summed E-state index contributed by atoms with van der Waals surface area (Å²) in [7, 11) is -1.14. The summed E-state index contributed by atoms with van der Waals surface area (Å²) in [4.78, 5) is 10.7. The van der Waals surface area contributed by atoms with Crippen molar-refractivity contribution in [3.05, 3.63) is 40.1 Å². The van der Waals surface area contributed by atoms with E-state index in [9.17, 15) is 15.2 Å². The van der Waals surface area contributed by atoms with E-state index in [1.807, 2.05) is 10.6 Å². The molecule has 0 spiro atoms. The molecule has 0 amide bonds. The number of non-ortho nitro benzene ring substituents is 1. The first-order valence-corrected chi connectivity index (χ1v) is 11.0.